The molecule has 1 atom stereocenters. The Labute approximate surface area is 116 Å². The van der Waals surface area contributed by atoms with Crippen molar-refractivity contribution >= 4 is 28.8 Å². The monoisotopic (exact) mass is 278 g/mol. The summed E-state index contributed by atoms with van der Waals surface area (Å²) >= 11 is 1.92. The zero-order valence-electron chi connectivity index (χ0n) is 11.2. The van der Waals surface area contributed by atoms with E-state index in [4.69, 9.17) is 5.11 Å². The number of hydrogen-bond acceptors (Lipinski definition) is 3. The molecule has 4 nitrogen and oxygen atoms in total. The van der Waals surface area contributed by atoms with Gasteiger partial charge in [0.25, 0.3) is 0 Å². The van der Waals surface area contributed by atoms with E-state index in [1.165, 1.54) is 0 Å². The van der Waals surface area contributed by atoms with Crippen molar-refractivity contribution < 1.29 is 9.90 Å². The predicted octanol–water partition coefficient (Wildman–Crippen LogP) is 3.44. The van der Waals surface area contributed by atoms with E-state index < -0.39 is 5.97 Å². The van der Waals surface area contributed by atoms with Crippen molar-refractivity contribution in [2.45, 2.75) is 26.3 Å². The first-order chi connectivity index (χ1) is 9.15. The second kappa shape index (κ2) is 6.10. The fourth-order valence-corrected chi connectivity index (χ4v) is 2.92. The van der Waals surface area contributed by atoms with Crippen LogP contribution in [0.3, 0.4) is 0 Å². The Kier molecular flexibility index (Phi) is 4.47. The summed E-state index contributed by atoms with van der Waals surface area (Å²) in [6, 6.07) is 5.63. The maximum Gasteiger partial charge on any atom is 0.337 e. The highest BCUT2D eigenvalue weighted by atomic mass is 32.2. The van der Waals surface area contributed by atoms with Crippen molar-refractivity contribution in [2.24, 2.45) is 0 Å². The van der Waals surface area contributed by atoms with Gasteiger partial charge in [-0.25, -0.2) is 9.78 Å². The lowest BCUT2D eigenvalue weighted by atomic mass is 10.1. The van der Waals surface area contributed by atoms with Crippen molar-refractivity contribution in [3.8, 4) is 0 Å². The van der Waals surface area contributed by atoms with Crippen molar-refractivity contribution in [2.75, 3.05) is 11.5 Å². The molecule has 2 aromatic rings. The Morgan fingerprint density at radius 1 is 1.53 bits per heavy atom. The van der Waals surface area contributed by atoms with Gasteiger partial charge in [-0.1, -0.05) is 13.0 Å². The molecule has 0 amide bonds. The Bertz CT molecular complexity index is 580. The third kappa shape index (κ3) is 2.92. The Morgan fingerprint density at radius 3 is 3.00 bits per heavy atom. The van der Waals surface area contributed by atoms with E-state index in [1.807, 2.05) is 17.8 Å². The summed E-state index contributed by atoms with van der Waals surface area (Å²) in [7, 11) is 0. The van der Waals surface area contributed by atoms with E-state index in [2.05, 4.69) is 23.4 Å². The first-order valence-corrected chi connectivity index (χ1v) is 7.57. The molecule has 19 heavy (non-hydrogen) atoms. The number of carbonyl (C=O) groups is 1. The van der Waals surface area contributed by atoms with E-state index in [9.17, 15) is 4.79 Å². The van der Waals surface area contributed by atoms with Gasteiger partial charge in [0.15, 0.2) is 0 Å². The number of hydrogen-bond donors (Lipinski definition) is 1. The summed E-state index contributed by atoms with van der Waals surface area (Å²) in [6.07, 6.45) is 2.81. The lowest BCUT2D eigenvalue weighted by molar-refractivity contribution is 0.0699. The number of fused-ring (bicyclic) bond motifs is 1. The Hall–Kier alpha value is -1.49. The summed E-state index contributed by atoms with van der Waals surface area (Å²) < 4.78 is 2.07. The minimum Gasteiger partial charge on any atom is -0.478 e. The standard InChI is InChI=1S/C14H18N2O2S/c1-3-19-8-7-10(2)16-9-15-13-11(14(17)18)5-4-6-12(13)16/h4-6,9-10H,3,7-8H2,1-2H3,(H,17,18). The number of thioether (sulfide) groups is 1. The second-order valence-corrected chi connectivity index (χ2v) is 5.86. The first kappa shape index (κ1) is 13.9. The average Bonchev–Trinajstić information content (AvgIpc) is 2.82. The molecule has 0 saturated heterocycles. The molecule has 0 aliphatic carbocycles. The van der Waals surface area contributed by atoms with E-state index in [1.54, 1.807) is 18.5 Å². The quantitative estimate of drug-likeness (QED) is 0.822. The highest BCUT2D eigenvalue weighted by Gasteiger charge is 2.14. The molecular weight excluding hydrogens is 260 g/mol. The highest BCUT2D eigenvalue weighted by Crippen LogP contribution is 2.23. The van der Waals surface area contributed by atoms with E-state index in [-0.39, 0.29) is 5.56 Å². The molecule has 5 heteroatoms. The third-order valence-electron chi connectivity index (χ3n) is 3.19. The van der Waals surface area contributed by atoms with E-state index in [0.717, 1.165) is 23.4 Å². The molecule has 0 aliphatic heterocycles. The van der Waals surface area contributed by atoms with Crippen LogP contribution in [-0.4, -0.2) is 32.1 Å². The number of aromatic carboxylic acids is 1. The lowest BCUT2D eigenvalue weighted by Crippen LogP contribution is -2.05. The molecule has 0 saturated carbocycles. The molecule has 0 spiro atoms. The van der Waals surface area contributed by atoms with Gasteiger partial charge in [-0.3, -0.25) is 0 Å². The Morgan fingerprint density at radius 2 is 2.32 bits per heavy atom. The largest absolute Gasteiger partial charge is 0.478 e. The first-order valence-electron chi connectivity index (χ1n) is 6.41. The minimum absolute atomic E-state index is 0.270. The number of para-hydroxylation sites is 1. The number of carboxylic acids is 1. The van der Waals surface area contributed by atoms with Crippen LogP contribution >= 0.6 is 11.8 Å². The molecular formula is C14H18N2O2S. The maximum absolute atomic E-state index is 11.2. The summed E-state index contributed by atoms with van der Waals surface area (Å²) in [5, 5.41) is 9.15. The van der Waals surface area contributed by atoms with Crippen LogP contribution in [0.2, 0.25) is 0 Å². The number of imidazole rings is 1. The maximum atomic E-state index is 11.2. The predicted molar refractivity (Wildman–Crippen MR) is 79.0 cm³/mol. The van der Waals surface area contributed by atoms with Gasteiger partial charge in [-0.2, -0.15) is 11.8 Å². The molecule has 0 aliphatic rings. The number of carboxylic acid groups (broad SMARTS) is 1. The van der Waals surface area contributed by atoms with Crippen LogP contribution in [0.4, 0.5) is 0 Å². The number of rotatable bonds is 6. The van der Waals surface area contributed by atoms with Crippen molar-refractivity contribution in [3.05, 3.63) is 30.1 Å². The van der Waals surface area contributed by atoms with Crippen LogP contribution in [0.25, 0.3) is 11.0 Å². The molecule has 1 N–H and O–H groups in total. The van der Waals surface area contributed by atoms with Gasteiger partial charge >= 0.3 is 5.97 Å². The molecule has 1 aromatic carbocycles. The number of nitrogens with zero attached hydrogens (tertiary/aromatic N) is 2. The van der Waals surface area contributed by atoms with Crippen molar-refractivity contribution in [1.29, 1.82) is 0 Å². The lowest BCUT2D eigenvalue weighted by Gasteiger charge is -2.14. The summed E-state index contributed by atoms with van der Waals surface area (Å²) in [5.74, 6) is 1.31. The van der Waals surface area contributed by atoms with Gasteiger partial charge in [0.05, 0.1) is 17.4 Å². The molecule has 2 rings (SSSR count). The summed E-state index contributed by atoms with van der Waals surface area (Å²) in [4.78, 5) is 15.4. The topological polar surface area (TPSA) is 55.1 Å². The van der Waals surface area contributed by atoms with Crippen LogP contribution in [0, 0.1) is 0 Å². The van der Waals surface area contributed by atoms with Crippen LogP contribution < -0.4 is 0 Å². The smallest absolute Gasteiger partial charge is 0.337 e. The molecule has 102 valence electrons. The van der Waals surface area contributed by atoms with E-state index >= 15 is 0 Å². The fourth-order valence-electron chi connectivity index (χ4n) is 2.12. The molecule has 1 aromatic heterocycles. The van der Waals surface area contributed by atoms with Crippen molar-refractivity contribution in [3.63, 3.8) is 0 Å². The van der Waals surface area contributed by atoms with Gasteiger partial charge in [-0.05, 0) is 37.0 Å². The van der Waals surface area contributed by atoms with Crippen LogP contribution in [0.1, 0.15) is 36.7 Å². The molecule has 1 heterocycles. The normalized spacial score (nSPS) is 12.7. The minimum atomic E-state index is -0.926. The SMILES string of the molecule is CCSCCC(C)n1cnc2c(C(=O)O)cccc21. The van der Waals surface area contributed by atoms with Crippen LogP contribution in [-0.2, 0) is 0 Å². The molecule has 1 unspecified atom stereocenters. The van der Waals surface area contributed by atoms with Crippen molar-refractivity contribution in [1.82, 2.24) is 9.55 Å². The Balaban J connectivity index is 2.30. The van der Waals surface area contributed by atoms with E-state index in [0.29, 0.717) is 11.6 Å². The number of benzene rings is 1. The fraction of sp³-hybridized carbons (Fsp3) is 0.429. The second-order valence-electron chi connectivity index (χ2n) is 4.46. The highest BCUT2D eigenvalue weighted by molar-refractivity contribution is 7.99. The summed E-state index contributed by atoms with van der Waals surface area (Å²) in [6.45, 7) is 4.30. The van der Waals surface area contributed by atoms with Gasteiger partial charge in [0.2, 0.25) is 0 Å². The van der Waals surface area contributed by atoms with Gasteiger partial charge < -0.3 is 9.67 Å². The zero-order chi connectivity index (χ0) is 13.8. The average molecular weight is 278 g/mol. The zero-order valence-corrected chi connectivity index (χ0v) is 12.0. The molecule has 0 radical (unpaired) electrons. The third-order valence-corrected chi connectivity index (χ3v) is 4.13. The molecule has 0 bridgehead atoms. The molecule has 0 fully saturated rings. The van der Waals surface area contributed by atoms with Gasteiger partial charge in [0.1, 0.15) is 5.52 Å². The van der Waals surface area contributed by atoms with Gasteiger partial charge in [0, 0.05) is 6.04 Å². The van der Waals surface area contributed by atoms with Gasteiger partial charge in [-0.15, -0.1) is 0 Å². The summed E-state index contributed by atoms with van der Waals surface area (Å²) in [5.41, 5.74) is 1.74. The van der Waals surface area contributed by atoms with Crippen LogP contribution in [0.5, 0.6) is 0 Å². The number of aromatic nitrogens is 2. The van der Waals surface area contributed by atoms with Crippen LogP contribution in [0.15, 0.2) is 24.5 Å².